The molecule has 1 fully saturated rings. The Labute approximate surface area is 112 Å². The Bertz CT molecular complexity index is 507. The molecule has 6 nitrogen and oxygen atoms in total. The molecule has 2 aromatic heterocycles. The Kier molecular flexibility index (Phi) is 3.59. The minimum absolute atomic E-state index is 0.539. The lowest BCUT2D eigenvalue weighted by atomic mass is 9.82. The summed E-state index contributed by atoms with van der Waals surface area (Å²) in [5.41, 5.74) is 0. The summed E-state index contributed by atoms with van der Waals surface area (Å²) in [6, 6.07) is 0.563. The Balaban J connectivity index is 1.69. The highest BCUT2D eigenvalue weighted by molar-refractivity contribution is 5.40. The Hall–Kier alpha value is -1.69. The van der Waals surface area contributed by atoms with E-state index < -0.39 is 0 Å². The van der Waals surface area contributed by atoms with Gasteiger partial charge in [0.15, 0.2) is 5.82 Å². The van der Waals surface area contributed by atoms with Crippen molar-refractivity contribution in [3.63, 3.8) is 0 Å². The number of nitrogens with one attached hydrogen (secondary N) is 2. The molecule has 0 aliphatic heterocycles. The Morgan fingerprint density at radius 1 is 1.42 bits per heavy atom. The second-order valence-corrected chi connectivity index (χ2v) is 5.09. The maximum absolute atomic E-state index is 5.34. The molecule has 2 atom stereocenters. The Morgan fingerprint density at radius 2 is 2.32 bits per heavy atom. The first-order valence-electron chi connectivity index (χ1n) is 6.86. The number of hydrogen-bond acceptors (Lipinski definition) is 5. The van der Waals surface area contributed by atoms with Gasteiger partial charge in [0.2, 0.25) is 11.7 Å². The smallest absolute Gasteiger partial charge is 0.238 e. The minimum Gasteiger partial charge on any atom is -0.342 e. The molecule has 3 rings (SSSR count). The van der Waals surface area contributed by atoms with Crippen molar-refractivity contribution in [1.29, 1.82) is 0 Å². The molecular formula is C13H19N5O. The van der Waals surface area contributed by atoms with Crippen molar-refractivity contribution in [3.05, 3.63) is 18.3 Å². The van der Waals surface area contributed by atoms with E-state index in [9.17, 15) is 0 Å². The first-order valence-corrected chi connectivity index (χ1v) is 6.86. The van der Waals surface area contributed by atoms with Crippen LogP contribution < -0.4 is 5.32 Å². The van der Waals surface area contributed by atoms with Crippen molar-refractivity contribution in [2.45, 2.75) is 38.1 Å². The number of hydrogen-bond donors (Lipinski definition) is 2. The van der Waals surface area contributed by atoms with Crippen molar-refractivity contribution in [3.8, 4) is 11.6 Å². The maximum Gasteiger partial charge on any atom is 0.238 e. The number of H-pyrrole nitrogens is 1. The molecule has 2 N–H and O–H groups in total. The molecule has 0 amide bonds. The number of rotatable bonds is 4. The predicted molar refractivity (Wildman–Crippen MR) is 70.4 cm³/mol. The van der Waals surface area contributed by atoms with Crippen LogP contribution in [-0.4, -0.2) is 33.2 Å². The van der Waals surface area contributed by atoms with Gasteiger partial charge >= 0.3 is 0 Å². The maximum atomic E-state index is 5.34. The standard InChI is InChI=1S/C13H19N5O/c1-14-10-5-3-2-4-9(10)8-11-17-13(18-19-11)12-15-6-7-16-12/h6-7,9-10,14H,2-5,8H2,1H3,(H,15,16). The van der Waals surface area contributed by atoms with Crippen LogP contribution in [0.2, 0.25) is 0 Å². The van der Waals surface area contributed by atoms with E-state index in [0.717, 1.165) is 6.42 Å². The van der Waals surface area contributed by atoms with Gasteiger partial charge in [-0.1, -0.05) is 18.0 Å². The van der Waals surface area contributed by atoms with Gasteiger partial charge in [0.1, 0.15) is 0 Å². The summed E-state index contributed by atoms with van der Waals surface area (Å²) >= 11 is 0. The van der Waals surface area contributed by atoms with Gasteiger partial charge in [-0.25, -0.2) is 4.98 Å². The van der Waals surface area contributed by atoms with Crippen LogP contribution in [0.1, 0.15) is 31.6 Å². The fraction of sp³-hybridized carbons (Fsp3) is 0.615. The van der Waals surface area contributed by atoms with Gasteiger partial charge in [0.25, 0.3) is 0 Å². The van der Waals surface area contributed by atoms with Crippen LogP contribution in [0.3, 0.4) is 0 Å². The van der Waals surface area contributed by atoms with Crippen LogP contribution in [0, 0.1) is 5.92 Å². The first-order chi connectivity index (χ1) is 9.36. The van der Waals surface area contributed by atoms with Crippen molar-refractivity contribution >= 4 is 0 Å². The van der Waals surface area contributed by atoms with Crippen LogP contribution in [0.25, 0.3) is 11.6 Å². The average molecular weight is 261 g/mol. The van der Waals surface area contributed by atoms with Gasteiger partial charge in [0.05, 0.1) is 0 Å². The molecule has 2 aromatic rings. The van der Waals surface area contributed by atoms with Gasteiger partial charge in [0, 0.05) is 24.9 Å². The molecule has 0 radical (unpaired) electrons. The molecule has 19 heavy (non-hydrogen) atoms. The Morgan fingerprint density at radius 3 is 3.11 bits per heavy atom. The molecule has 0 bridgehead atoms. The molecule has 0 saturated heterocycles. The summed E-state index contributed by atoms with van der Waals surface area (Å²) < 4.78 is 5.34. The van der Waals surface area contributed by atoms with Gasteiger partial charge in [-0.3, -0.25) is 0 Å². The third-order valence-electron chi connectivity index (χ3n) is 3.89. The van der Waals surface area contributed by atoms with Crippen molar-refractivity contribution in [1.82, 2.24) is 25.4 Å². The molecule has 1 aliphatic carbocycles. The third kappa shape index (κ3) is 2.68. The lowest BCUT2D eigenvalue weighted by molar-refractivity contribution is 0.248. The monoisotopic (exact) mass is 261 g/mol. The second kappa shape index (κ2) is 5.52. The summed E-state index contributed by atoms with van der Waals surface area (Å²) in [7, 11) is 2.03. The van der Waals surface area contributed by atoms with E-state index in [4.69, 9.17) is 4.52 Å². The molecule has 1 saturated carbocycles. The first kappa shape index (κ1) is 12.3. The topological polar surface area (TPSA) is 79.6 Å². The van der Waals surface area contributed by atoms with E-state index in [0.29, 0.717) is 29.5 Å². The van der Waals surface area contributed by atoms with E-state index in [1.165, 1.54) is 25.7 Å². The lowest BCUT2D eigenvalue weighted by Crippen LogP contribution is -2.37. The SMILES string of the molecule is CNC1CCCCC1Cc1nc(-c2ncc[nH]2)no1. The van der Waals surface area contributed by atoms with Crippen LogP contribution in [-0.2, 0) is 6.42 Å². The normalized spacial score (nSPS) is 23.6. The van der Waals surface area contributed by atoms with E-state index in [2.05, 4.69) is 25.4 Å². The summed E-state index contributed by atoms with van der Waals surface area (Å²) in [6.07, 6.45) is 9.35. The molecule has 0 spiro atoms. The van der Waals surface area contributed by atoms with Crippen molar-refractivity contribution in [2.24, 2.45) is 5.92 Å². The average Bonchev–Trinajstić information content (AvgIpc) is 3.09. The molecule has 2 heterocycles. The van der Waals surface area contributed by atoms with E-state index in [1.807, 2.05) is 7.05 Å². The van der Waals surface area contributed by atoms with Crippen LogP contribution in [0.4, 0.5) is 0 Å². The highest BCUT2D eigenvalue weighted by Crippen LogP contribution is 2.27. The number of nitrogens with zero attached hydrogens (tertiary/aromatic N) is 3. The molecule has 102 valence electrons. The highest BCUT2D eigenvalue weighted by Gasteiger charge is 2.26. The zero-order valence-corrected chi connectivity index (χ0v) is 11.1. The summed E-state index contributed by atoms with van der Waals surface area (Å²) in [5.74, 6) is 2.49. The largest absolute Gasteiger partial charge is 0.342 e. The zero-order valence-electron chi connectivity index (χ0n) is 11.1. The quantitative estimate of drug-likeness (QED) is 0.877. The van der Waals surface area contributed by atoms with Crippen LogP contribution in [0.15, 0.2) is 16.9 Å². The van der Waals surface area contributed by atoms with E-state index >= 15 is 0 Å². The number of aromatic nitrogens is 4. The van der Waals surface area contributed by atoms with Crippen molar-refractivity contribution < 1.29 is 4.52 Å². The number of aromatic amines is 1. The number of imidazole rings is 1. The molecule has 0 aromatic carbocycles. The molecule has 2 unspecified atom stereocenters. The fourth-order valence-corrected chi connectivity index (χ4v) is 2.88. The second-order valence-electron chi connectivity index (χ2n) is 5.09. The van der Waals surface area contributed by atoms with Crippen LogP contribution in [0.5, 0.6) is 0 Å². The third-order valence-corrected chi connectivity index (χ3v) is 3.89. The molecule has 6 heteroatoms. The van der Waals surface area contributed by atoms with Gasteiger partial charge in [-0.05, 0) is 25.8 Å². The fourth-order valence-electron chi connectivity index (χ4n) is 2.88. The summed E-state index contributed by atoms with van der Waals surface area (Å²) in [4.78, 5) is 11.5. The predicted octanol–water partition coefficient (Wildman–Crippen LogP) is 1.78. The summed E-state index contributed by atoms with van der Waals surface area (Å²) in [6.45, 7) is 0. The van der Waals surface area contributed by atoms with Crippen molar-refractivity contribution in [2.75, 3.05) is 7.05 Å². The van der Waals surface area contributed by atoms with Gasteiger partial charge in [-0.2, -0.15) is 4.98 Å². The van der Waals surface area contributed by atoms with Gasteiger partial charge in [-0.15, -0.1) is 0 Å². The highest BCUT2D eigenvalue weighted by atomic mass is 16.5. The molecule has 1 aliphatic rings. The van der Waals surface area contributed by atoms with E-state index in [1.54, 1.807) is 12.4 Å². The zero-order chi connectivity index (χ0) is 13.1. The van der Waals surface area contributed by atoms with E-state index in [-0.39, 0.29) is 0 Å². The lowest BCUT2D eigenvalue weighted by Gasteiger charge is -2.30. The van der Waals surface area contributed by atoms with Gasteiger partial charge < -0.3 is 14.8 Å². The summed E-state index contributed by atoms with van der Waals surface area (Å²) in [5, 5.41) is 7.37. The minimum atomic E-state index is 0.539. The van der Waals surface area contributed by atoms with Crippen LogP contribution >= 0.6 is 0 Å². The molecular weight excluding hydrogens is 242 g/mol.